The molecule has 0 aliphatic carbocycles. The number of anilines is 3. The van der Waals surface area contributed by atoms with Crippen LogP contribution in [0.3, 0.4) is 0 Å². The highest BCUT2D eigenvalue weighted by Crippen LogP contribution is 2.40. The van der Waals surface area contributed by atoms with Crippen molar-refractivity contribution in [2.45, 2.75) is 0 Å². The molecular weight excluding hydrogens is 679 g/mol. The fraction of sp³-hybridized carbons (Fsp3) is 0. The molecule has 0 fully saturated rings. The van der Waals surface area contributed by atoms with Crippen LogP contribution in [0.2, 0.25) is 0 Å². The van der Waals surface area contributed by atoms with Gasteiger partial charge in [-0.05, 0) is 128 Å². The topological polar surface area (TPSA) is 16.4 Å². The fourth-order valence-electron chi connectivity index (χ4n) is 7.73. The molecule has 0 aliphatic rings. The summed E-state index contributed by atoms with van der Waals surface area (Å²) in [6.07, 6.45) is 0. The Hall–Kier alpha value is -7.42. The summed E-state index contributed by atoms with van der Waals surface area (Å²) in [6.45, 7) is 0. The van der Waals surface area contributed by atoms with Gasteiger partial charge in [0.2, 0.25) is 0 Å². The lowest BCUT2D eigenvalue weighted by Gasteiger charge is -2.26. The van der Waals surface area contributed by atoms with E-state index < -0.39 is 0 Å². The van der Waals surface area contributed by atoms with Gasteiger partial charge in [0.1, 0.15) is 11.3 Å². The Morgan fingerprint density at radius 3 is 1.30 bits per heavy atom. The first-order chi connectivity index (χ1) is 27.7. The lowest BCUT2D eigenvalue weighted by atomic mass is 9.93. The molecule has 1 aromatic heterocycles. The molecule has 0 spiro atoms. The summed E-state index contributed by atoms with van der Waals surface area (Å²) in [5.74, 6) is 0.874. The predicted octanol–water partition coefficient (Wildman–Crippen LogP) is 15.4. The fourth-order valence-corrected chi connectivity index (χ4v) is 7.73. The normalized spacial score (nSPS) is 11.2. The van der Waals surface area contributed by atoms with Crippen LogP contribution >= 0.6 is 0 Å². The molecule has 0 unspecified atom stereocenters. The summed E-state index contributed by atoms with van der Waals surface area (Å²) in [5.41, 5.74) is 14.7. The third-order valence-electron chi connectivity index (χ3n) is 10.6. The van der Waals surface area contributed by atoms with E-state index in [1.165, 1.54) is 44.2 Å². The van der Waals surface area contributed by atoms with Gasteiger partial charge in [0.15, 0.2) is 0 Å². The average Bonchev–Trinajstić information content (AvgIpc) is 3.72. The van der Waals surface area contributed by atoms with Crippen molar-refractivity contribution in [3.05, 3.63) is 224 Å². The minimum absolute atomic E-state index is 0.874. The first-order valence-corrected chi connectivity index (χ1v) is 19.1. The maximum Gasteiger partial charge on any atom is 0.135 e. The molecule has 0 radical (unpaired) electrons. The molecule has 2 heteroatoms. The summed E-state index contributed by atoms with van der Waals surface area (Å²) in [5, 5.41) is 3.53. The summed E-state index contributed by atoms with van der Waals surface area (Å²) in [6, 6.07) is 80.2. The average molecular weight is 716 g/mol. The van der Waals surface area contributed by atoms with Gasteiger partial charge in [-0.25, -0.2) is 0 Å². The molecule has 0 aliphatic heterocycles. The van der Waals surface area contributed by atoms with Crippen molar-refractivity contribution in [1.82, 2.24) is 0 Å². The van der Waals surface area contributed by atoms with Crippen molar-refractivity contribution in [2.24, 2.45) is 0 Å². The molecule has 1 heterocycles. The second kappa shape index (κ2) is 14.4. The number of furan rings is 1. The van der Waals surface area contributed by atoms with Crippen molar-refractivity contribution in [3.8, 4) is 55.8 Å². The van der Waals surface area contributed by atoms with Gasteiger partial charge in [0.25, 0.3) is 0 Å². The molecular formula is C54H37NO. The lowest BCUT2D eigenvalue weighted by Crippen LogP contribution is -2.09. The summed E-state index contributed by atoms with van der Waals surface area (Å²) in [4.78, 5) is 2.35. The monoisotopic (exact) mass is 715 g/mol. The predicted molar refractivity (Wildman–Crippen MR) is 236 cm³/mol. The first kappa shape index (κ1) is 33.2. The highest BCUT2D eigenvalue weighted by Gasteiger charge is 2.15. The standard InChI is InChI=1S/C54H37NO/c1-3-12-38(13-4-1)47-33-48(39-14-5-2-6-15-39)35-49(34-47)42-24-29-51(30-25-42)55(52-31-26-40-16-7-8-17-44(40)36-52)50-27-22-41(23-28-50)43-19-11-20-45(32-43)54-37-46-18-9-10-21-53(46)56-54/h1-37H. The summed E-state index contributed by atoms with van der Waals surface area (Å²) in [7, 11) is 0. The number of hydrogen-bond donors (Lipinski definition) is 0. The van der Waals surface area contributed by atoms with Crippen molar-refractivity contribution < 1.29 is 4.42 Å². The van der Waals surface area contributed by atoms with Gasteiger partial charge in [0.05, 0.1) is 0 Å². The van der Waals surface area contributed by atoms with E-state index in [2.05, 4.69) is 211 Å². The maximum atomic E-state index is 6.21. The Morgan fingerprint density at radius 1 is 0.250 bits per heavy atom. The Kier molecular flexibility index (Phi) is 8.55. The second-order valence-electron chi connectivity index (χ2n) is 14.2. The third kappa shape index (κ3) is 6.55. The molecule has 10 rings (SSSR count). The number of rotatable bonds is 8. The van der Waals surface area contributed by atoms with Crippen molar-refractivity contribution in [1.29, 1.82) is 0 Å². The minimum atomic E-state index is 0.874. The van der Waals surface area contributed by atoms with Crippen LogP contribution < -0.4 is 4.90 Å². The van der Waals surface area contributed by atoms with E-state index in [1.54, 1.807) is 0 Å². The molecule has 0 saturated heterocycles. The largest absolute Gasteiger partial charge is 0.456 e. The maximum absolute atomic E-state index is 6.21. The Balaban J connectivity index is 1.02. The zero-order valence-electron chi connectivity index (χ0n) is 30.7. The van der Waals surface area contributed by atoms with Crippen molar-refractivity contribution in [2.75, 3.05) is 4.90 Å². The molecule has 0 bridgehead atoms. The van der Waals surface area contributed by atoms with Crippen LogP contribution in [0.5, 0.6) is 0 Å². The Labute approximate surface area is 327 Å². The van der Waals surface area contributed by atoms with Crippen LogP contribution in [-0.4, -0.2) is 0 Å². The molecule has 56 heavy (non-hydrogen) atoms. The van der Waals surface area contributed by atoms with Gasteiger partial charge in [-0.3, -0.25) is 0 Å². The van der Waals surface area contributed by atoms with Crippen molar-refractivity contribution in [3.63, 3.8) is 0 Å². The van der Waals surface area contributed by atoms with Crippen LogP contribution in [-0.2, 0) is 0 Å². The zero-order valence-corrected chi connectivity index (χ0v) is 30.7. The SMILES string of the molecule is c1ccc(-c2cc(-c3ccccc3)cc(-c3ccc(N(c4ccc(-c5cccc(-c6cc7ccccc7o6)c5)cc4)c4ccc5ccccc5c4)cc3)c2)cc1. The summed E-state index contributed by atoms with van der Waals surface area (Å²) >= 11 is 0. The lowest BCUT2D eigenvalue weighted by molar-refractivity contribution is 0.631. The van der Waals surface area contributed by atoms with E-state index in [0.29, 0.717) is 0 Å². The molecule has 9 aromatic carbocycles. The van der Waals surface area contributed by atoms with Gasteiger partial charge < -0.3 is 9.32 Å². The number of hydrogen-bond acceptors (Lipinski definition) is 2. The van der Waals surface area contributed by atoms with E-state index in [-0.39, 0.29) is 0 Å². The van der Waals surface area contributed by atoms with Gasteiger partial charge in [-0.1, -0.05) is 152 Å². The van der Waals surface area contributed by atoms with Crippen LogP contribution in [0, 0.1) is 0 Å². The van der Waals surface area contributed by atoms with Crippen LogP contribution in [0.25, 0.3) is 77.6 Å². The molecule has 0 N–H and O–H groups in total. The molecule has 0 amide bonds. The van der Waals surface area contributed by atoms with E-state index in [4.69, 9.17) is 4.42 Å². The smallest absolute Gasteiger partial charge is 0.135 e. The third-order valence-corrected chi connectivity index (χ3v) is 10.6. The van der Waals surface area contributed by atoms with Crippen LogP contribution in [0.4, 0.5) is 17.1 Å². The summed E-state index contributed by atoms with van der Waals surface area (Å²) < 4.78 is 6.21. The number of fused-ring (bicyclic) bond motifs is 2. The van der Waals surface area contributed by atoms with Gasteiger partial charge in [-0.2, -0.15) is 0 Å². The molecule has 10 aromatic rings. The Bertz CT molecular complexity index is 2850. The van der Waals surface area contributed by atoms with E-state index >= 15 is 0 Å². The number of nitrogens with zero attached hydrogens (tertiary/aromatic N) is 1. The molecule has 0 saturated carbocycles. The van der Waals surface area contributed by atoms with Gasteiger partial charge >= 0.3 is 0 Å². The zero-order chi connectivity index (χ0) is 37.3. The van der Waals surface area contributed by atoms with Gasteiger partial charge in [-0.15, -0.1) is 0 Å². The van der Waals surface area contributed by atoms with E-state index in [0.717, 1.165) is 50.5 Å². The Morgan fingerprint density at radius 2 is 0.696 bits per heavy atom. The molecule has 2 nitrogen and oxygen atoms in total. The molecule has 264 valence electrons. The highest BCUT2D eigenvalue weighted by atomic mass is 16.3. The van der Waals surface area contributed by atoms with E-state index in [9.17, 15) is 0 Å². The van der Waals surface area contributed by atoms with Crippen LogP contribution in [0.1, 0.15) is 0 Å². The number of benzene rings is 9. The molecule has 0 atom stereocenters. The minimum Gasteiger partial charge on any atom is -0.456 e. The second-order valence-corrected chi connectivity index (χ2v) is 14.2. The van der Waals surface area contributed by atoms with Crippen molar-refractivity contribution >= 4 is 38.8 Å². The quantitative estimate of drug-likeness (QED) is 0.156. The highest BCUT2D eigenvalue weighted by molar-refractivity contribution is 5.90. The van der Waals surface area contributed by atoms with E-state index in [1.807, 2.05) is 18.2 Å². The number of para-hydroxylation sites is 1. The van der Waals surface area contributed by atoms with Gasteiger partial charge in [0, 0.05) is 28.0 Å². The first-order valence-electron chi connectivity index (χ1n) is 19.1. The van der Waals surface area contributed by atoms with Crippen LogP contribution in [0.15, 0.2) is 229 Å².